The van der Waals surface area contributed by atoms with Gasteiger partial charge in [-0.25, -0.2) is 0 Å². The first kappa shape index (κ1) is 14.6. The predicted octanol–water partition coefficient (Wildman–Crippen LogP) is 3.91. The standard InChI is InChI=1S/C16H17BrN2O/c1-2-15(11-6-4-3-5-7-11)19-16(20)12-8-9-13(17)14(18)10-12/h3-10,15H,2,18H2,1H3,(H,19,20). The number of nitrogens with two attached hydrogens (primary N) is 1. The zero-order chi connectivity index (χ0) is 14.5. The van der Waals surface area contributed by atoms with Gasteiger partial charge in [-0.2, -0.15) is 0 Å². The van der Waals surface area contributed by atoms with Crippen molar-refractivity contribution in [3.8, 4) is 0 Å². The first-order valence-corrected chi connectivity index (χ1v) is 7.32. The lowest BCUT2D eigenvalue weighted by molar-refractivity contribution is 0.0935. The van der Waals surface area contributed by atoms with Crippen molar-refractivity contribution in [1.82, 2.24) is 5.32 Å². The van der Waals surface area contributed by atoms with Gasteiger partial charge in [-0.1, -0.05) is 37.3 Å². The second kappa shape index (κ2) is 6.57. The maximum Gasteiger partial charge on any atom is 0.251 e. The lowest BCUT2D eigenvalue weighted by Gasteiger charge is -2.17. The second-order valence-electron chi connectivity index (χ2n) is 4.58. The number of hydrogen-bond donors (Lipinski definition) is 2. The molecule has 3 N–H and O–H groups in total. The topological polar surface area (TPSA) is 55.1 Å². The highest BCUT2D eigenvalue weighted by Gasteiger charge is 2.14. The van der Waals surface area contributed by atoms with E-state index >= 15 is 0 Å². The van der Waals surface area contributed by atoms with Crippen LogP contribution in [0.1, 0.15) is 35.3 Å². The second-order valence-corrected chi connectivity index (χ2v) is 5.44. The summed E-state index contributed by atoms with van der Waals surface area (Å²) in [4.78, 5) is 12.3. The highest BCUT2D eigenvalue weighted by Crippen LogP contribution is 2.21. The van der Waals surface area contributed by atoms with Crippen LogP contribution in [0.15, 0.2) is 53.0 Å². The van der Waals surface area contributed by atoms with Crippen molar-refractivity contribution in [1.29, 1.82) is 0 Å². The van der Waals surface area contributed by atoms with E-state index in [1.54, 1.807) is 18.2 Å². The van der Waals surface area contributed by atoms with Gasteiger partial charge in [-0.15, -0.1) is 0 Å². The maximum absolute atomic E-state index is 12.3. The molecule has 0 saturated carbocycles. The smallest absolute Gasteiger partial charge is 0.251 e. The van der Waals surface area contributed by atoms with Crippen LogP contribution in [0.3, 0.4) is 0 Å². The minimum Gasteiger partial charge on any atom is -0.398 e. The molecular weight excluding hydrogens is 316 g/mol. The monoisotopic (exact) mass is 332 g/mol. The van der Waals surface area contributed by atoms with E-state index in [2.05, 4.69) is 21.2 Å². The molecule has 1 amide bonds. The molecule has 2 aromatic carbocycles. The maximum atomic E-state index is 12.3. The summed E-state index contributed by atoms with van der Waals surface area (Å²) in [6.07, 6.45) is 0.835. The van der Waals surface area contributed by atoms with Crippen LogP contribution in [0.2, 0.25) is 0 Å². The van der Waals surface area contributed by atoms with Gasteiger partial charge in [0.05, 0.1) is 6.04 Å². The lowest BCUT2D eigenvalue weighted by atomic mass is 10.0. The zero-order valence-corrected chi connectivity index (χ0v) is 12.9. The van der Waals surface area contributed by atoms with E-state index in [1.807, 2.05) is 37.3 Å². The molecule has 2 aromatic rings. The summed E-state index contributed by atoms with van der Waals surface area (Å²) in [5, 5.41) is 3.04. The van der Waals surface area contributed by atoms with Crippen molar-refractivity contribution >= 4 is 27.5 Å². The Labute approximate surface area is 127 Å². The van der Waals surface area contributed by atoms with Crippen molar-refractivity contribution < 1.29 is 4.79 Å². The van der Waals surface area contributed by atoms with Crippen LogP contribution in [0.5, 0.6) is 0 Å². The summed E-state index contributed by atoms with van der Waals surface area (Å²) in [5.74, 6) is -0.111. The van der Waals surface area contributed by atoms with Crippen LogP contribution in [-0.2, 0) is 0 Å². The number of carbonyl (C=O) groups is 1. The van der Waals surface area contributed by atoms with E-state index in [-0.39, 0.29) is 11.9 Å². The summed E-state index contributed by atoms with van der Waals surface area (Å²) in [7, 11) is 0. The molecule has 20 heavy (non-hydrogen) atoms. The third kappa shape index (κ3) is 3.39. The molecule has 0 bridgehead atoms. The first-order valence-electron chi connectivity index (χ1n) is 6.52. The summed E-state index contributed by atoms with van der Waals surface area (Å²) in [5.41, 5.74) is 8.04. The van der Waals surface area contributed by atoms with Crippen molar-refractivity contribution in [2.75, 3.05) is 5.73 Å². The molecule has 4 heteroatoms. The lowest BCUT2D eigenvalue weighted by Crippen LogP contribution is -2.28. The fraction of sp³-hybridized carbons (Fsp3) is 0.188. The van der Waals surface area contributed by atoms with Crippen molar-refractivity contribution in [3.05, 3.63) is 64.1 Å². The zero-order valence-electron chi connectivity index (χ0n) is 11.3. The molecule has 0 aromatic heterocycles. The predicted molar refractivity (Wildman–Crippen MR) is 85.5 cm³/mol. The summed E-state index contributed by atoms with van der Waals surface area (Å²) >= 11 is 3.32. The Hall–Kier alpha value is -1.81. The van der Waals surface area contributed by atoms with Gasteiger partial charge in [0.15, 0.2) is 0 Å². The summed E-state index contributed by atoms with van der Waals surface area (Å²) < 4.78 is 0.796. The van der Waals surface area contributed by atoms with Crippen LogP contribution in [0, 0.1) is 0 Å². The molecular formula is C16H17BrN2O. The van der Waals surface area contributed by atoms with Gasteiger partial charge in [0, 0.05) is 15.7 Å². The number of halogens is 1. The Morgan fingerprint density at radius 2 is 1.95 bits per heavy atom. The van der Waals surface area contributed by atoms with E-state index in [0.29, 0.717) is 11.3 Å². The highest BCUT2D eigenvalue weighted by atomic mass is 79.9. The number of hydrogen-bond acceptors (Lipinski definition) is 2. The van der Waals surface area contributed by atoms with Gasteiger partial charge in [-0.3, -0.25) is 4.79 Å². The quantitative estimate of drug-likeness (QED) is 0.834. The number of nitrogen functional groups attached to an aromatic ring is 1. The Kier molecular flexibility index (Phi) is 4.79. The van der Waals surface area contributed by atoms with Crippen molar-refractivity contribution in [2.45, 2.75) is 19.4 Å². The van der Waals surface area contributed by atoms with Gasteiger partial charge < -0.3 is 11.1 Å². The number of anilines is 1. The molecule has 0 aliphatic heterocycles. The van der Waals surface area contributed by atoms with Crippen LogP contribution in [0.4, 0.5) is 5.69 Å². The average molecular weight is 333 g/mol. The van der Waals surface area contributed by atoms with E-state index in [9.17, 15) is 4.79 Å². The average Bonchev–Trinajstić information content (AvgIpc) is 2.48. The Morgan fingerprint density at radius 3 is 2.55 bits per heavy atom. The number of rotatable bonds is 4. The molecule has 0 spiro atoms. The largest absolute Gasteiger partial charge is 0.398 e. The minimum absolute atomic E-state index is 0.00794. The molecule has 0 heterocycles. The van der Waals surface area contributed by atoms with Gasteiger partial charge >= 0.3 is 0 Å². The van der Waals surface area contributed by atoms with Gasteiger partial charge in [-0.05, 0) is 46.1 Å². The number of carbonyl (C=O) groups excluding carboxylic acids is 1. The van der Waals surface area contributed by atoms with E-state index in [4.69, 9.17) is 5.73 Å². The Bertz CT molecular complexity index is 599. The molecule has 1 unspecified atom stereocenters. The fourth-order valence-electron chi connectivity index (χ4n) is 2.03. The minimum atomic E-state index is -0.111. The van der Waals surface area contributed by atoms with Gasteiger partial charge in [0.2, 0.25) is 0 Å². The molecule has 0 saturated heterocycles. The first-order chi connectivity index (χ1) is 9.61. The fourth-order valence-corrected chi connectivity index (χ4v) is 2.28. The molecule has 3 nitrogen and oxygen atoms in total. The van der Waals surface area contributed by atoms with E-state index in [0.717, 1.165) is 16.5 Å². The van der Waals surface area contributed by atoms with Crippen LogP contribution < -0.4 is 11.1 Å². The third-order valence-corrected chi connectivity index (χ3v) is 3.90. The number of nitrogens with one attached hydrogen (secondary N) is 1. The number of amides is 1. The molecule has 1 atom stereocenters. The van der Waals surface area contributed by atoms with E-state index < -0.39 is 0 Å². The van der Waals surface area contributed by atoms with E-state index in [1.165, 1.54) is 0 Å². The van der Waals surface area contributed by atoms with Crippen LogP contribution in [0.25, 0.3) is 0 Å². The van der Waals surface area contributed by atoms with Crippen LogP contribution in [-0.4, -0.2) is 5.91 Å². The Morgan fingerprint density at radius 1 is 1.25 bits per heavy atom. The molecule has 0 aliphatic carbocycles. The van der Waals surface area contributed by atoms with Crippen molar-refractivity contribution in [2.24, 2.45) is 0 Å². The SMILES string of the molecule is CCC(NC(=O)c1ccc(Br)c(N)c1)c1ccccc1. The number of benzene rings is 2. The van der Waals surface area contributed by atoms with Crippen LogP contribution >= 0.6 is 15.9 Å². The Balaban J connectivity index is 2.15. The molecule has 0 aliphatic rings. The molecule has 104 valence electrons. The summed E-state index contributed by atoms with van der Waals surface area (Å²) in [6.45, 7) is 2.05. The third-order valence-electron chi connectivity index (χ3n) is 3.17. The molecule has 2 rings (SSSR count). The molecule has 0 radical (unpaired) electrons. The van der Waals surface area contributed by atoms with Crippen molar-refractivity contribution in [3.63, 3.8) is 0 Å². The summed E-state index contributed by atoms with van der Waals surface area (Å²) in [6, 6.07) is 15.2. The van der Waals surface area contributed by atoms with Gasteiger partial charge in [0.1, 0.15) is 0 Å². The normalized spacial score (nSPS) is 11.9. The highest BCUT2D eigenvalue weighted by molar-refractivity contribution is 9.10. The van der Waals surface area contributed by atoms with Gasteiger partial charge in [0.25, 0.3) is 5.91 Å². The molecule has 0 fully saturated rings.